The zero-order valence-corrected chi connectivity index (χ0v) is 14.9. The third-order valence-electron chi connectivity index (χ3n) is 3.62. The number of aromatic nitrogens is 1. The minimum absolute atomic E-state index is 0.354. The summed E-state index contributed by atoms with van der Waals surface area (Å²) in [6, 6.07) is 16.6. The average Bonchev–Trinajstić information content (AvgIpc) is 2.65. The average molecular weight is 400 g/mol. The number of pyridine rings is 1. The number of hydrogen-bond donors (Lipinski definition) is 0. The maximum absolute atomic E-state index is 12.5. The zero-order chi connectivity index (χ0) is 17.8. The van der Waals surface area contributed by atoms with Gasteiger partial charge in [0.25, 0.3) is 0 Å². The van der Waals surface area contributed by atoms with Crippen molar-refractivity contribution in [2.24, 2.45) is 0 Å². The fourth-order valence-corrected chi connectivity index (χ4v) is 2.64. The lowest BCUT2D eigenvalue weighted by atomic mass is 10.0. The molecule has 0 N–H and O–H groups in total. The van der Waals surface area contributed by atoms with E-state index in [9.17, 15) is 9.59 Å². The van der Waals surface area contributed by atoms with Crippen molar-refractivity contribution in [1.29, 1.82) is 0 Å². The molecule has 6 heteroatoms. The van der Waals surface area contributed by atoms with E-state index in [0.717, 1.165) is 10.0 Å². The number of ether oxygens (including phenoxy) is 2. The number of para-hydroxylation sites is 1. The zero-order valence-electron chi connectivity index (χ0n) is 13.4. The Labute approximate surface area is 152 Å². The van der Waals surface area contributed by atoms with Crippen LogP contribution in [0.3, 0.4) is 0 Å². The third-order valence-corrected chi connectivity index (χ3v) is 4.15. The van der Waals surface area contributed by atoms with E-state index in [1.807, 2.05) is 42.5 Å². The van der Waals surface area contributed by atoms with Crippen LogP contribution in [-0.4, -0.2) is 30.6 Å². The normalized spacial score (nSPS) is 10.5. The third kappa shape index (κ3) is 3.85. The molecule has 0 aliphatic carbocycles. The molecule has 0 spiro atoms. The van der Waals surface area contributed by atoms with Gasteiger partial charge in [-0.05, 0) is 24.3 Å². The number of nitrogens with zero attached hydrogens (tertiary/aromatic N) is 1. The van der Waals surface area contributed by atoms with Gasteiger partial charge in [0.1, 0.15) is 0 Å². The van der Waals surface area contributed by atoms with Crippen LogP contribution in [0.15, 0.2) is 59.1 Å². The van der Waals surface area contributed by atoms with Crippen LogP contribution in [0.5, 0.6) is 0 Å². The van der Waals surface area contributed by atoms with Crippen LogP contribution >= 0.6 is 15.9 Å². The number of hydrogen-bond acceptors (Lipinski definition) is 5. The topological polar surface area (TPSA) is 65.5 Å². The molecule has 5 nitrogen and oxygen atoms in total. The molecule has 2 aromatic carbocycles. The molecule has 0 saturated heterocycles. The SMILES string of the molecule is COC(=O)COC(=O)c1cc(-c2ccc(Br)cc2)nc2ccccc12. The fourth-order valence-electron chi connectivity index (χ4n) is 2.37. The molecule has 0 aliphatic heterocycles. The van der Waals surface area contributed by atoms with E-state index in [4.69, 9.17) is 4.74 Å². The molecule has 0 atom stereocenters. The Morgan fingerprint density at radius 1 is 1.08 bits per heavy atom. The first kappa shape index (κ1) is 17.1. The fraction of sp³-hybridized carbons (Fsp3) is 0.105. The molecular formula is C19H14BrNO4. The lowest BCUT2D eigenvalue weighted by Gasteiger charge is -2.10. The number of methoxy groups -OCH3 is 1. The number of fused-ring (bicyclic) bond motifs is 1. The standard InChI is InChI=1S/C19H14BrNO4/c1-24-18(22)11-25-19(23)15-10-17(12-6-8-13(20)9-7-12)21-16-5-3-2-4-14(15)16/h2-10H,11H2,1H3. The maximum Gasteiger partial charge on any atom is 0.344 e. The monoisotopic (exact) mass is 399 g/mol. The van der Waals surface area contributed by atoms with Crippen molar-refractivity contribution in [1.82, 2.24) is 4.98 Å². The molecule has 126 valence electrons. The smallest absolute Gasteiger partial charge is 0.344 e. The van der Waals surface area contributed by atoms with E-state index < -0.39 is 18.5 Å². The van der Waals surface area contributed by atoms with Crippen molar-refractivity contribution in [3.63, 3.8) is 0 Å². The summed E-state index contributed by atoms with van der Waals surface area (Å²) in [5.74, 6) is -1.21. The molecule has 1 aromatic heterocycles. The first-order valence-electron chi connectivity index (χ1n) is 7.48. The van der Waals surface area contributed by atoms with Gasteiger partial charge in [-0.25, -0.2) is 14.6 Å². The van der Waals surface area contributed by atoms with Crippen molar-refractivity contribution in [3.8, 4) is 11.3 Å². The van der Waals surface area contributed by atoms with Gasteiger partial charge in [-0.2, -0.15) is 0 Å². The second kappa shape index (κ2) is 7.44. The van der Waals surface area contributed by atoms with Crippen molar-refractivity contribution in [3.05, 3.63) is 64.6 Å². The Morgan fingerprint density at radius 3 is 2.52 bits per heavy atom. The lowest BCUT2D eigenvalue weighted by molar-refractivity contribution is -0.144. The summed E-state index contributed by atoms with van der Waals surface area (Å²) >= 11 is 3.40. The molecule has 0 unspecified atom stereocenters. The predicted molar refractivity (Wildman–Crippen MR) is 97.2 cm³/mol. The summed E-state index contributed by atoms with van der Waals surface area (Å²) in [5.41, 5.74) is 2.55. The van der Waals surface area contributed by atoms with Gasteiger partial charge in [-0.1, -0.05) is 46.3 Å². The molecule has 3 rings (SSSR count). The van der Waals surface area contributed by atoms with Crippen LogP contribution in [0.4, 0.5) is 0 Å². The first-order chi connectivity index (χ1) is 12.1. The molecule has 25 heavy (non-hydrogen) atoms. The Kier molecular flexibility index (Phi) is 5.09. The predicted octanol–water partition coefficient (Wildman–Crippen LogP) is 3.99. The van der Waals surface area contributed by atoms with Crippen molar-refractivity contribution < 1.29 is 19.1 Å². The minimum atomic E-state index is -0.611. The van der Waals surface area contributed by atoms with Crippen LogP contribution in [0.1, 0.15) is 10.4 Å². The van der Waals surface area contributed by atoms with E-state index in [1.54, 1.807) is 12.1 Å². The quantitative estimate of drug-likeness (QED) is 0.620. The highest BCUT2D eigenvalue weighted by Crippen LogP contribution is 2.26. The van der Waals surface area contributed by atoms with Crippen molar-refractivity contribution in [2.45, 2.75) is 0 Å². The molecule has 0 amide bonds. The summed E-state index contributed by atoms with van der Waals surface area (Å²) < 4.78 is 10.5. The highest BCUT2D eigenvalue weighted by atomic mass is 79.9. The van der Waals surface area contributed by atoms with Gasteiger partial charge in [0, 0.05) is 15.4 Å². The maximum atomic E-state index is 12.5. The lowest BCUT2D eigenvalue weighted by Crippen LogP contribution is -2.15. The van der Waals surface area contributed by atoms with Crippen molar-refractivity contribution >= 4 is 38.8 Å². The van der Waals surface area contributed by atoms with E-state index in [0.29, 0.717) is 22.2 Å². The highest BCUT2D eigenvalue weighted by Gasteiger charge is 2.16. The summed E-state index contributed by atoms with van der Waals surface area (Å²) in [4.78, 5) is 28.3. The number of carbonyl (C=O) groups excluding carboxylic acids is 2. The minimum Gasteiger partial charge on any atom is -0.466 e. The number of esters is 2. The molecule has 0 fully saturated rings. The molecule has 1 heterocycles. The summed E-state index contributed by atoms with van der Waals surface area (Å²) in [6.07, 6.45) is 0. The molecule has 0 aliphatic rings. The summed E-state index contributed by atoms with van der Waals surface area (Å²) in [7, 11) is 1.24. The van der Waals surface area contributed by atoms with Gasteiger partial charge in [0.15, 0.2) is 6.61 Å². The van der Waals surface area contributed by atoms with Crippen molar-refractivity contribution in [2.75, 3.05) is 13.7 Å². The molecule has 0 radical (unpaired) electrons. The van der Waals surface area contributed by atoms with Crippen LogP contribution in [0, 0.1) is 0 Å². The van der Waals surface area contributed by atoms with E-state index >= 15 is 0 Å². The Hall–Kier alpha value is -2.73. The number of rotatable bonds is 4. The van der Waals surface area contributed by atoms with Crippen LogP contribution in [0.25, 0.3) is 22.2 Å². The Balaban J connectivity index is 2.05. The number of halogens is 1. The molecule has 0 saturated carbocycles. The largest absolute Gasteiger partial charge is 0.466 e. The second-order valence-electron chi connectivity index (χ2n) is 5.23. The van der Waals surface area contributed by atoms with E-state index in [1.165, 1.54) is 7.11 Å². The van der Waals surface area contributed by atoms with Gasteiger partial charge < -0.3 is 9.47 Å². The van der Waals surface area contributed by atoms with Crippen LogP contribution < -0.4 is 0 Å². The molecular weight excluding hydrogens is 386 g/mol. The van der Waals surface area contributed by atoms with Gasteiger partial charge in [-0.15, -0.1) is 0 Å². The van der Waals surface area contributed by atoms with E-state index in [-0.39, 0.29) is 0 Å². The van der Waals surface area contributed by atoms with Crippen LogP contribution in [-0.2, 0) is 14.3 Å². The Morgan fingerprint density at radius 2 is 1.80 bits per heavy atom. The van der Waals surface area contributed by atoms with Gasteiger partial charge >= 0.3 is 11.9 Å². The Bertz CT molecular complexity index is 938. The summed E-state index contributed by atoms with van der Waals surface area (Å²) in [5, 5.41) is 0.665. The van der Waals surface area contributed by atoms with Gasteiger partial charge in [0.2, 0.25) is 0 Å². The highest BCUT2D eigenvalue weighted by molar-refractivity contribution is 9.10. The molecule has 3 aromatic rings. The van der Waals surface area contributed by atoms with Crippen LogP contribution in [0.2, 0.25) is 0 Å². The van der Waals surface area contributed by atoms with Gasteiger partial charge in [-0.3, -0.25) is 0 Å². The molecule has 0 bridgehead atoms. The van der Waals surface area contributed by atoms with Gasteiger partial charge in [0.05, 0.1) is 23.9 Å². The van der Waals surface area contributed by atoms with E-state index in [2.05, 4.69) is 25.7 Å². The second-order valence-corrected chi connectivity index (χ2v) is 6.15. The first-order valence-corrected chi connectivity index (χ1v) is 8.27. The number of carbonyl (C=O) groups is 2. The summed E-state index contributed by atoms with van der Waals surface area (Å²) in [6.45, 7) is -0.431. The number of benzene rings is 2.